The molecule has 19 heavy (non-hydrogen) atoms. The Balaban J connectivity index is 2.69. The van der Waals surface area contributed by atoms with Crippen LogP contribution in [-0.2, 0) is 6.42 Å². The van der Waals surface area contributed by atoms with Crippen LogP contribution in [-0.4, -0.2) is 38.7 Å². The number of nitrogens with two attached hydrogens (primary N) is 1. The SMILES string of the molecule is COc1ccc(CCN(C)C(N)=NC#N)cc1OC. The van der Waals surface area contributed by atoms with E-state index in [1.165, 1.54) is 0 Å². The molecule has 0 bridgehead atoms. The number of rotatable bonds is 5. The molecule has 1 rings (SSSR count). The fourth-order valence-corrected chi connectivity index (χ4v) is 1.58. The lowest BCUT2D eigenvalue weighted by Crippen LogP contribution is -2.35. The van der Waals surface area contributed by atoms with Crippen LogP contribution in [0.5, 0.6) is 11.5 Å². The standard InChI is InChI=1S/C13H18N4O2/c1-17(13(15)16-9-14)7-6-10-4-5-11(18-2)12(8-10)19-3/h4-5,8H,6-7H2,1-3H3,(H2,15,16). The molecule has 0 radical (unpaired) electrons. The van der Waals surface area contributed by atoms with E-state index in [0.29, 0.717) is 18.0 Å². The van der Waals surface area contributed by atoms with Crippen molar-refractivity contribution in [3.8, 4) is 17.7 Å². The van der Waals surface area contributed by atoms with Crippen molar-refractivity contribution in [2.24, 2.45) is 10.7 Å². The molecule has 102 valence electrons. The van der Waals surface area contributed by atoms with Crippen LogP contribution < -0.4 is 15.2 Å². The van der Waals surface area contributed by atoms with Gasteiger partial charge in [0, 0.05) is 13.6 Å². The van der Waals surface area contributed by atoms with Crippen molar-refractivity contribution in [2.45, 2.75) is 6.42 Å². The van der Waals surface area contributed by atoms with E-state index < -0.39 is 0 Å². The van der Waals surface area contributed by atoms with Gasteiger partial charge >= 0.3 is 0 Å². The second kappa shape index (κ2) is 7.11. The van der Waals surface area contributed by atoms with E-state index in [1.807, 2.05) is 18.2 Å². The second-order valence-electron chi connectivity index (χ2n) is 3.93. The molecule has 0 saturated carbocycles. The molecule has 6 heteroatoms. The normalized spacial score (nSPS) is 10.7. The summed E-state index contributed by atoms with van der Waals surface area (Å²) >= 11 is 0. The van der Waals surface area contributed by atoms with Gasteiger partial charge in [0.25, 0.3) is 0 Å². The Hall–Kier alpha value is -2.42. The Morgan fingerprint density at radius 2 is 2.05 bits per heavy atom. The molecule has 0 fully saturated rings. The quantitative estimate of drug-likeness (QED) is 0.485. The zero-order valence-corrected chi connectivity index (χ0v) is 11.4. The molecule has 0 saturated heterocycles. The highest BCUT2D eigenvalue weighted by atomic mass is 16.5. The third-order valence-corrected chi connectivity index (χ3v) is 2.74. The smallest absolute Gasteiger partial charge is 0.209 e. The van der Waals surface area contributed by atoms with Gasteiger partial charge in [-0.2, -0.15) is 5.26 Å². The van der Waals surface area contributed by atoms with Gasteiger partial charge in [0.05, 0.1) is 14.2 Å². The highest BCUT2D eigenvalue weighted by Crippen LogP contribution is 2.27. The highest BCUT2D eigenvalue weighted by Gasteiger charge is 2.06. The van der Waals surface area contributed by atoms with Crippen molar-refractivity contribution in [3.05, 3.63) is 23.8 Å². The fourth-order valence-electron chi connectivity index (χ4n) is 1.58. The lowest BCUT2D eigenvalue weighted by molar-refractivity contribution is 0.354. The first kappa shape index (κ1) is 14.6. The highest BCUT2D eigenvalue weighted by molar-refractivity contribution is 5.78. The maximum Gasteiger partial charge on any atom is 0.209 e. The maximum absolute atomic E-state index is 8.42. The Labute approximate surface area is 113 Å². The molecule has 0 spiro atoms. The summed E-state index contributed by atoms with van der Waals surface area (Å²) in [5, 5.41) is 8.42. The van der Waals surface area contributed by atoms with Crippen LogP contribution >= 0.6 is 0 Å². The van der Waals surface area contributed by atoms with Gasteiger partial charge in [-0.15, -0.1) is 4.99 Å². The van der Waals surface area contributed by atoms with Gasteiger partial charge in [-0.3, -0.25) is 0 Å². The zero-order valence-electron chi connectivity index (χ0n) is 11.4. The minimum atomic E-state index is 0.211. The molecule has 0 amide bonds. The van der Waals surface area contributed by atoms with Crippen LogP contribution in [0.2, 0.25) is 0 Å². The number of methoxy groups -OCH3 is 2. The predicted molar refractivity (Wildman–Crippen MR) is 73.1 cm³/mol. The number of aliphatic imine (C=N–C) groups is 1. The molecule has 0 heterocycles. The lowest BCUT2D eigenvalue weighted by atomic mass is 10.1. The molecule has 0 atom stereocenters. The summed E-state index contributed by atoms with van der Waals surface area (Å²) in [6.07, 6.45) is 2.43. The average Bonchev–Trinajstić information content (AvgIpc) is 2.44. The van der Waals surface area contributed by atoms with Crippen LogP contribution in [0.3, 0.4) is 0 Å². The van der Waals surface area contributed by atoms with Crippen molar-refractivity contribution >= 4 is 5.96 Å². The first-order valence-electron chi connectivity index (χ1n) is 5.76. The lowest BCUT2D eigenvalue weighted by Gasteiger charge is -2.17. The summed E-state index contributed by atoms with van der Waals surface area (Å²) in [6, 6.07) is 5.75. The number of hydrogen-bond donors (Lipinski definition) is 1. The summed E-state index contributed by atoms with van der Waals surface area (Å²) in [7, 11) is 4.99. The summed E-state index contributed by atoms with van der Waals surface area (Å²) in [5.41, 5.74) is 6.69. The minimum Gasteiger partial charge on any atom is -0.493 e. The molecule has 0 aliphatic heterocycles. The van der Waals surface area contributed by atoms with Gasteiger partial charge in [0.2, 0.25) is 12.2 Å². The molecule has 6 nitrogen and oxygen atoms in total. The van der Waals surface area contributed by atoms with E-state index in [4.69, 9.17) is 20.5 Å². The van der Waals surface area contributed by atoms with Crippen molar-refractivity contribution in [3.63, 3.8) is 0 Å². The van der Waals surface area contributed by atoms with Crippen LogP contribution in [0.1, 0.15) is 5.56 Å². The molecular weight excluding hydrogens is 244 g/mol. The van der Waals surface area contributed by atoms with E-state index in [1.54, 1.807) is 32.4 Å². The van der Waals surface area contributed by atoms with Gasteiger partial charge in [-0.05, 0) is 24.1 Å². The second-order valence-corrected chi connectivity index (χ2v) is 3.93. The Morgan fingerprint density at radius 1 is 1.37 bits per heavy atom. The van der Waals surface area contributed by atoms with E-state index in [-0.39, 0.29) is 5.96 Å². The van der Waals surface area contributed by atoms with Crippen LogP contribution in [0.15, 0.2) is 23.2 Å². The Bertz CT molecular complexity index is 494. The Morgan fingerprint density at radius 3 is 2.63 bits per heavy atom. The average molecular weight is 262 g/mol. The van der Waals surface area contributed by atoms with Crippen LogP contribution in [0, 0.1) is 11.5 Å². The van der Waals surface area contributed by atoms with Crippen molar-refractivity contribution < 1.29 is 9.47 Å². The molecule has 1 aromatic carbocycles. The van der Waals surface area contributed by atoms with Crippen molar-refractivity contribution in [2.75, 3.05) is 27.8 Å². The largest absolute Gasteiger partial charge is 0.493 e. The number of likely N-dealkylation sites (N-methyl/N-ethyl adjacent to an activating group) is 1. The molecule has 0 aliphatic carbocycles. The predicted octanol–water partition coefficient (Wildman–Crippen LogP) is 0.974. The van der Waals surface area contributed by atoms with Crippen molar-refractivity contribution in [1.29, 1.82) is 5.26 Å². The summed E-state index contributed by atoms with van der Waals surface area (Å²) in [5.74, 6) is 1.61. The van der Waals surface area contributed by atoms with Gasteiger partial charge < -0.3 is 20.1 Å². The first-order chi connectivity index (χ1) is 9.12. The topological polar surface area (TPSA) is 83.9 Å². The van der Waals surface area contributed by atoms with Gasteiger partial charge in [0.15, 0.2) is 11.5 Å². The monoisotopic (exact) mass is 262 g/mol. The number of hydrogen-bond acceptors (Lipinski definition) is 4. The fraction of sp³-hybridized carbons (Fsp3) is 0.385. The molecular formula is C13H18N4O2. The third kappa shape index (κ3) is 4.07. The van der Waals surface area contributed by atoms with Gasteiger partial charge in [-0.25, -0.2) is 0 Å². The summed E-state index contributed by atoms with van der Waals surface area (Å²) in [4.78, 5) is 5.20. The van der Waals surface area contributed by atoms with Gasteiger partial charge in [-0.1, -0.05) is 6.07 Å². The van der Waals surface area contributed by atoms with E-state index in [9.17, 15) is 0 Å². The number of benzene rings is 1. The maximum atomic E-state index is 8.42. The first-order valence-corrected chi connectivity index (χ1v) is 5.76. The molecule has 0 aromatic heterocycles. The summed E-state index contributed by atoms with van der Waals surface area (Å²) < 4.78 is 10.4. The zero-order chi connectivity index (χ0) is 14.3. The molecule has 1 aromatic rings. The number of nitriles is 1. The Kier molecular flexibility index (Phi) is 5.48. The third-order valence-electron chi connectivity index (χ3n) is 2.74. The molecule has 0 unspecified atom stereocenters. The number of nitrogens with zero attached hydrogens (tertiary/aromatic N) is 3. The number of guanidine groups is 1. The van der Waals surface area contributed by atoms with E-state index >= 15 is 0 Å². The summed E-state index contributed by atoms with van der Waals surface area (Å²) in [6.45, 7) is 0.659. The van der Waals surface area contributed by atoms with Gasteiger partial charge in [0.1, 0.15) is 0 Å². The van der Waals surface area contributed by atoms with Crippen LogP contribution in [0.4, 0.5) is 0 Å². The van der Waals surface area contributed by atoms with E-state index in [2.05, 4.69) is 4.99 Å². The molecule has 0 aliphatic rings. The van der Waals surface area contributed by atoms with Crippen LogP contribution in [0.25, 0.3) is 0 Å². The van der Waals surface area contributed by atoms with Crippen molar-refractivity contribution in [1.82, 2.24) is 4.90 Å². The number of ether oxygens (including phenoxy) is 2. The van der Waals surface area contributed by atoms with E-state index in [0.717, 1.165) is 12.0 Å². The minimum absolute atomic E-state index is 0.211. The molecule has 2 N–H and O–H groups in total.